The maximum atomic E-state index is 13.2. The Hall–Kier alpha value is -3.76. The Morgan fingerprint density at radius 3 is 1.94 bits per heavy atom. The Balaban J connectivity index is 1.46. The molecule has 4 rings (SSSR count). The molecule has 7 N–H and O–H groups in total. The van der Waals surface area contributed by atoms with Crippen LogP contribution in [-0.2, 0) is 38.0 Å². The van der Waals surface area contributed by atoms with Crippen molar-refractivity contribution in [1.29, 1.82) is 0 Å². The van der Waals surface area contributed by atoms with Gasteiger partial charge in [-0.15, -0.1) is 6.58 Å². The van der Waals surface area contributed by atoms with Crippen LogP contribution < -0.4 is 18.9 Å². The molecular weight excluding hydrogens is 688 g/mol. The van der Waals surface area contributed by atoms with E-state index in [0.29, 0.717) is 0 Å². The fourth-order valence-electron chi connectivity index (χ4n) is 5.81. The lowest BCUT2D eigenvalue weighted by Crippen LogP contribution is -2.60. The number of benzene rings is 1. The van der Waals surface area contributed by atoms with Crippen LogP contribution in [0.3, 0.4) is 0 Å². The molecule has 19 heteroatoms. The molecule has 286 valence electrons. The third-order valence-corrected chi connectivity index (χ3v) is 8.67. The molecule has 1 aromatic carbocycles. The maximum Gasteiger partial charge on any atom is 0.337 e. The van der Waals surface area contributed by atoms with Gasteiger partial charge in [-0.2, -0.15) is 0 Å². The molecule has 0 unspecified atom stereocenters. The highest BCUT2D eigenvalue weighted by molar-refractivity contribution is 5.90. The molecule has 19 nitrogen and oxygen atoms in total. The molecule has 3 aliphatic heterocycles. The fraction of sp³-hybridized carbons (Fsp3) is 0.625. The summed E-state index contributed by atoms with van der Waals surface area (Å²) in [6.07, 6.45) is -15.9. The Morgan fingerprint density at radius 1 is 0.804 bits per heavy atom. The van der Waals surface area contributed by atoms with Gasteiger partial charge >= 0.3 is 11.9 Å². The Labute approximate surface area is 292 Å². The van der Waals surface area contributed by atoms with Crippen LogP contribution in [0, 0.1) is 11.8 Å². The van der Waals surface area contributed by atoms with Gasteiger partial charge in [0, 0.05) is 24.0 Å². The number of hydrogen-bond acceptors (Lipinski definition) is 19. The van der Waals surface area contributed by atoms with Gasteiger partial charge in [0.25, 0.3) is 0 Å². The van der Waals surface area contributed by atoms with Crippen molar-refractivity contribution in [3.8, 4) is 23.0 Å². The van der Waals surface area contributed by atoms with Crippen LogP contribution in [0.4, 0.5) is 0 Å². The van der Waals surface area contributed by atoms with Gasteiger partial charge in [-0.1, -0.05) is 6.08 Å². The highest BCUT2D eigenvalue weighted by atomic mass is 16.8. The molecule has 0 spiro atoms. The summed E-state index contributed by atoms with van der Waals surface area (Å²) in [4.78, 5) is 25.9. The summed E-state index contributed by atoms with van der Waals surface area (Å²) in [5.74, 6) is -3.08. The zero-order chi connectivity index (χ0) is 37.6. The van der Waals surface area contributed by atoms with Crippen molar-refractivity contribution in [2.45, 2.75) is 74.1 Å². The molecule has 0 radical (unpaired) electrons. The highest BCUT2D eigenvalue weighted by Gasteiger charge is 2.49. The lowest BCUT2D eigenvalue weighted by atomic mass is 9.81. The quantitative estimate of drug-likeness (QED) is 0.0768. The lowest BCUT2D eigenvalue weighted by Gasteiger charge is -2.43. The molecule has 1 aromatic rings. The Morgan fingerprint density at radius 2 is 1.39 bits per heavy atom. The fourth-order valence-corrected chi connectivity index (χ4v) is 5.81. The van der Waals surface area contributed by atoms with Crippen LogP contribution in [0.2, 0.25) is 0 Å². The van der Waals surface area contributed by atoms with Crippen molar-refractivity contribution < 1.29 is 92.7 Å². The predicted octanol–water partition coefficient (Wildman–Crippen LogP) is -2.52. The molecule has 0 aromatic heterocycles. The summed E-state index contributed by atoms with van der Waals surface area (Å²) < 4.78 is 54.2. The first-order chi connectivity index (χ1) is 24.3. The van der Waals surface area contributed by atoms with Gasteiger partial charge in [0.05, 0.1) is 53.3 Å². The third-order valence-electron chi connectivity index (χ3n) is 8.67. The largest absolute Gasteiger partial charge is 0.493 e. The summed E-state index contributed by atoms with van der Waals surface area (Å²) in [7, 11) is 5.27. The van der Waals surface area contributed by atoms with Gasteiger partial charge in [0.1, 0.15) is 61.2 Å². The van der Waals surface area contributed by atoms with Gasteiger partial charge in [0.15, 0.2) is 17.8 Å². The summed E-state index contributed by atoms with van der Waals surface area (Å²) in [5, 5.41) is 72.0. The number of ether oxygens (including phenoxy) is 10. The van der Waals surface area contributed by atoms with Gasteiger partial charge in [0.2, 0.25) is 18.3 Å². The second kappa shape index (κ2) is 17.6. The molecule has 0 amide bonds. The van der Waals surface area contributed by atoms with Crippen LogP contribution >= 0.6 is 0 Å². The Bertz CT molecular complexity index is 1360. The number of aliphatic hydroxyl groups excluding tert-OH is 7. The summed E-state index contributed by atoms with van der Waals surface area (Å²) in [5.41, 5.74) is -0.112. The second-order valence-electron chi connectivity index (χ2n) is 11.7. The normalized spacial score (nSPS) is 35.0. The van der Waals surface area contributed by atoms with Crippen molar-refractivity contribution in [1.82, 2.24) is 0 Å². The summed E-state index contributed by atoms with van der Waals surface area (Å²) in [6.45, 7) is 2.39. The minimum absolute atomic E-state index is 0.0745. The minimum Gasteiger partial charge on any atom is -0.493 e. The van der Waals surface area contributed by atoms with Gasteiger partial charge in [-0.3, -0.25) is 4.79 Å². The average molecular weight is 733 g/mol. The molecule has 0 aliphatic carbocycles. The van der Waals surface area contributed by atoms with Gasteiger partial charge in [-0.05, 0) is 0 Å². The zero-order valence-corrected chi connectivity index (χ0v) is 28.2. The number of carbonyl (C=O) groups excluding carboxylic acids is 2. The van der Waals surface area contributed by atoms with E-state index in [1.54, 1.807) is 0 Å². The first-order valence-electron chi connectivity index (χ1n) is 15.7. The van der Waals surface area contributed by atoms with E-state index in [4.69, 9.17) is 47.4 Å². The van der Waals surface area contributed by atoms with Crippen LogP contribution in [0.15, 0.2) is 36.6 Å². The van der Waals surface area contributed by atoms with Crippen LogP contribution in [0.5, 0.6) is 23.0 Å². The number of methoxy groups -OCH3 is 4. The SMILES string of the molecule is C=C[C@H]1[C@H](O[C@@H]2O[C@H](CO)[C@@H](O)[C@H](O)[C@H]2O)OC=C(C(=O)OC)[C@H]1CC(=O)OC[C@H]1O[C@@H](Oc2cc(OC)c(OC)c(OC)c2)[C@H](O)[C@@H](O)[C@@H]1O. The van der Waals surface area contributed by atoms with E-state index in [-0.39, 0.29) is 28.6 Å². The van der Waals surface area contributed by atoms with E-state index in [1.165, 1.54) is 39.5 Å². The number of hydrogen-bond donors (Lipinski definition) is 7. The van der Waals surface area contributed by atoms with E-state index in [9.17, 15) is 45.3 Å². The molecule has 0 bridgehead atoms. The van der Waals surface area contributed by atoms with Crippen molar-refractivity contribution in [2.24, 2.45) is 11.8 Å². The van der Waals surface area contributed by atoms with Crippen molar-refractivity contribution >= 4 is 11.9 Å². The van der Waals surface area contributed by atoms with E-state index < -0.39 is 111 Å². The number of rotatable bonds is 14. The van der Waals surface area contributed by atoms with E-state index >= 15 is 0 Å². The van der Waals surface area contributed by atoms with Gasteiger partial charge < -0.3 is 83.1 Å². The highest BCUT2D eigenvalue weighted by Crippen LogP contribution is 2.42. The summed E-state index contributed by atoms with van der Waals surface area (Å²) in [6, 6.07) is 2.82. The van der Waals surface area contributed by atoms with Gasteiger partial charge in [-0.25, -0.2) is 4.79 Å². The molecule has 3 aliphatic rings. The zero-order valence-electron chi connectivity index (χ0n) is 28.2. The minimum atomic E-state index is -1.79. The monoisotopic (exact) mass is 732 g/mol. The van der Waals surface area contributed by atoms with E-state index in [0.717, 1.165) is 13.4 Å². The van der Waals surface area contributed by atoms with Crippen molar-refractivity contribution in [3.63, 3.8) is 0 Å². The van der Waals surface area contributed by atoms with Crippen molar-refractivity contribution in [3.05, 3.63) is 36.6 Å². The maximum absolute atomic E-state index is 13.2. The smallest absolute Gasteiger partial charge is 0.337 e. The molecule has 2 saturated heterocycles. The van der Waals surface area contributed by atoms with E-state index in [2.05, 4.69) is 6.58 Å². The molecule has 3 heterocycles. The standard InChI is InChI=1S/C32H44O19/c1-6-14-15(16(29(41)45-5)11-47-30(14)51-32-27(40)24(37)22(35)19(10-33)49-32)9-21(34)46-12-20-23(36)25(38)26(39)31(50-20)48-13-7-17(42-2)28(44-4)18(8-13)43-3/h6-8,11,14-15,19-20,22-27,30-33,35-40H,1,9-10,12H2,2-5H3/t14-,15+,19-,20-,22-,23-,24+,25+,26-,27-,30+,31-,32+/m1/s1. The lowest BCUT2D eigenvalue weighted by molar-refractivity contribution is -0.339. The van der Waals surface area contributed by atoms with Crippen LogP contribution in [0.1, 0.15) is 6.42 Å². The van der Waals surface area contributed by atoms with Crippen LogP contribution in [-0.4, -0.2) is 157 Å². The molecule has 51 heavy (non-hydrogen) atoms. The summed E-state index contributed by atoms with van der Waals surface area (Å²) >= 11 is 0. The van der Waals surface area contributed by atoms with Crippen LogP contribution in [0.25, 0.3) is 0 Å². The predicted molar refractivity (Wildman–Crippen MR) is 166 cm³/mol. The first-order valence-corrected chi connectivity index (χ1v) is 15.7. The number of aliphatic hydroxyl groups is 7. The number of carbonyl (C=O) groups is 2. The van der Waals surface area contributed by atoms with Crippen molar-refractivity contribution in [2.75, 3.05) is 41.7 Å². The second-order valence-corrected chi connectivity index (χ2v) is 11.7. The molecular formula is C32H44O19. The molecule has 13 atom stereocenters. The Kier molecular flexibility index (Phi) is 13.8. The third kappa shape index (κ3) is 8.66. The average Bonchev–Trinajstić information content (AvgIpc) is 3.13. The first kappa shape index (κ1) is 40.0. The van der Waals surface area contributed by atoms with E-state index in [1.807, 2.05) is 0 Å². The molecule has 0 saturated carbocycles. The topological polar surface area (TPSA) is 268 Å². The number of esters is 2. The molecule has 2 fully saturated rings.